The molecule has 0 radical (unpaired) electrons. The molecule has 0 unspecified atom stereocenters. The Bertz CT molecular complexity index is 699. The number of ketones is 1. The molecule has 2 aromatic rings. The van der Waals surface area contributed by atoms with E-state index in [1.165, 1.54) is 12.1 Å². The molecule has 22 heavy (non-hydrogen) atoms. The van der Waals surface area contributed by atoms with E-state index in [0.717, 1.165) is 30.3 Å². The molecule has 0 heterocycles. The lowest BCUT2D eigenvalue weighted by atomic mass is 10.1. The fourth-order valence-corrected chi connectivity index (χ4v) is 1.81. The largest absolute Gasteiger partial charge is 0.324 e. The third-order valence-electron chi connectivity index (χ3n) is 2.95. The van der Waals surface area contributed by atoms with Crippen molar-refractivity contribution in [1.82, 2.24) is 0 Å². The van der Waals surface area contributed by atoms with Gasteiger partial charge in [-0.15, -0.1) is 0 Å². The minimum Gasteiger partial charge on any atom is -0.324 e. The first-order chi connectivity index (χ1) is 10.5. The lowest BCUT2D eigenvalue weighted by Gasteiger charge is -2.06. The van der Waals surface area contributed by atoms with Crippen LogP contribution in [0.4, 0.5) is 18.9 Å². The SMILES string of the molecule is O=C(CCC(=O)c1ccc(F)cc1)Nc1cc(F)ccc1F. The van der Waals surface area contributed by atoms with Gasteiger partial charge in [0.15, 0.2) is 5.78 Å². The molecular weight excluding hydrogens is 295 g/mol. The van der Waals surface area contributed by atoms with E-state index in [1.807, 2.05) is 0 Å². The molecule has 0 saturated heterocycles. The lowest BCUT2D eigenvalue weighted by Crippen LogP contribution is -2.14. The van der Waals surface area contributed by atoms with Crippen LogP contribution in [0.2, 0.25) is 0 Å². The number of rotatable bonds is 5. The molecule has 6 heteroatoms. The predicted molar refractivity (Wildman–Crippen MR) is 75.0 cm³/mol. The van der Waals surface area contributed by atoms with E-state index in [4.69, 9.17) is 0 Å². The van der Waals surface area contributed by atoms with Gasteiger partial charge in [0.2, 0.25) is 5.91 Å². The van der Waals surface area contributed by atoms with Gasteiger partial charge in [-0.05, 0) is 36.4 Å². The van der Waals surface area contributed by atoms with Crippen LogP contribution in [0.3, 0.4) is 0 Å². The number of Topliss-reactive ketones (excluding diaryl/α,β-unsaturated/α-hetero) is 1. The summed E-state index contributed by atoms with van der Waals surface area (Å²) in [6, 6.07) is 7.63. The standard InChI is InChI=1S/C16H12F3NO2/c17-11-3-1-10(2-4-11)15(21)7-8-16(22)20-14-9-12(18)5-6-13(14)19/h1-6,9H,7-8H2,(H,20,22). The first-order valence-electron chi connectivity index (χ1n) is 6.49. The second kappa shape index (κ2) is 6.89. The van der Waals surface area contributed by atoms with E-state index in [1.54, 1.807) is 0 Å². The summed E-state index contributed by atoms with van der Waals surface area (Å²) in [6.07, 6.45) is -0.305. The molecule has 114 valence electrons. The highest BCUT2D eigenvalue weighted by Gasteiger charge is 2.12. The van der Waals surface area contributed by atoms with Gasteiger partial charge in [-0.3, -0.25) is 9.59 Å². The Morgan fingerprint density at radius 1 is 0.864 bits per heavy atom. The van der Waals surface area contributed by atoms with Crippen molar-refractivity contribution in [2.24, 2.45) is 0 Å². The van der Waals surface area contributed by atoms with Gasteiger partial charge in [-0.2, -0.15) is 0 Å². The second-order valence-corrected chi connectivity index (χ2v) is 4.60. The Morgan fingerprint density at radius 3 is 2.18 bits per heavy atom. The average molecular weight is 307 g/mol. The predicted octanol–water partition coefficient (Wildman–Crippen LogP) is 3.71. The maximum Gasteiger partial charge on any atom is 0.224 e. The summed E-state index contributed by atoms with van der Waals surface area (Å²) < 4.78 is 39.0. The molecule has 0 spiro atoms. The van der Waals surface area contributed by atoms with E-state index < -0.39 is 23.4 Å². The molecule has 3 nitrogen and oxygen atoms in total. The van der Waals surface area contributed by atoms with Crippen molar-refractivity contribution in [2.45, 2.75) is 12.8 Å². The molecule has 0 aliphatic heterocycles. The summed E-state index contributed by atoms with van der Waals surface area (Å²) in [5, 5.41) is 2.20. The van der Waals surface area contributed by atoms with E-state index in [9.17, 15) is 22.8 Å². The maximum absolute atomic E-state index is 13.3. The van der Waals surface area contributed by atoms with Gasteiger partial charge in [0.1, 0.15) is 17.5 Å². The Kier molecular flexibility index (Phi) is 4.93. The number of carbonyl (C=O) groups excluding carboxylic acids is 2. The van der Waals surface area contributed by atoms with Gasteiger partial charge in [0.05, 0.1) is 5.69 Å². The first kappa shape index (κ1) is 15.8. The molecule has 0 aliphatic rings. The minimum absolute atomic E-state index is 0.117. The van der Waals surface area contributed by atoms with Crippen molar-refractivity contribution >= 4 is 17.4 Å². The van der Waals surface area contributed by atoms with Gasteiger partial charge in [0, 0.05) is 24.5 Å². The van der Waals surface area contributed by atoms with Crippen molar-refractivity contribution in [1.29, 1.82) is 0 Å². The molecule has 1 N–H and O–H groups in total. The number of amides is 1. The topological polar surface area (TPSA) is 46.2 Å². The van der Waals surface area contributed by atoms with Gasteiger partial charge in [-0.25, -0.2) is 13.2 Å². The summed E-state index contributed by atoms with van der Waals surface area (Å²) in [4.78, 5) is 23.5. The first-order valence-corrected chi connectivity index (χ1v) is 6.49. The van der Waals surface area contributed by atoms with Crippen molar-refractivity contribution < 1.29 is 22.8 Å². The van der Waals surface area contributed by atoms with Crippen LogP contribution in [-0.4, -0.2) is 11.7 Å². The number of anilines is 1. The molecule has 2 aromatic carbocycles. The Labute approximate surface area is 124 Å². The van der Waals surface area contributed by atoms with Crippen molar-refractivity contribution in [2.75, 3.05) is 5.32 Å². The number of hydrogen-bond acceptors (Lipinski definition) is 2. The zero-order chi connectivity index (χ0) is 16.1. The van der Waals surface area contributed by atoms with Crippen molar-refractivity contribution in [3.63, 3.8) is 0 Å². The number of hydrogen-bond donors (Lipinski definition) is 1. The summed E-state index contributed by atoms with van der Waals surface area (Å²) in [6.45, 7) is 0. The lowest BCUT2D eigenvalue weighted by molar-refractivity contribution is -0.116. The molecule has 0 saturated carbocycles. The monoisotopic (exact) mass is 307 g/mol. The highest BCUT2D eigenvalue weighted by atomic mass is 19.1. The summed E-state index contributed by atoms with van der Waals surface area (Å²) >= 11 is 0. The highest BCUT2D eigenvalue weighted by Crippen LogP contribution is 2.16. The average Bonchev–Trinajstić information content (AvgIpc) is 2.49. The number of nitrogens with one attached hydrogen (secondary N) is 1. The molecule has 2 rings (SSSR count). The second-order valence-electron chi connectivity index (χ2n) is 4.60. The van der Waals surface area contributed by atoms with E-state index in [2.05, 4.69) is 5.32 Å². The highest BCUT2D eigenvalue weighted by molar-refractivity contribution is 6.00. The summed E-state index contributed by atoms with van der Waals surface area (Å²) in [7, 11) is 0. The van der Waals surface area contributed by atoms with Crippen LogP contribution in [0.15, 0.2) is 42.5 Å². The molecule has 0 bridgehead atoms. The number of halogens is 3. The fraction of sp³-hybridized carbons (Fsp3) is 0.125. The summed E-state index contributed by atoms with van der Waals surface area (Å²) in [5.74, 6) is -2.86. The maximum atomic E-state index is 13.3. The molecule has 0 aromatic heterocycles. The normalized spacial score (nSPS) is 10.3. The zero-order valence-electron chi connectivity index (χ0n) is 11.4. The molecule has 1 amide bonds. The Balaban J connectivity index is 1.91. The van der Waals surface area contributed by atoms with Crippen LogP contribution < -0.4 is 5.32 Å². The van der Waals surface area contributed by atoms with Crippen LogP contribution >= 0.6 is 0 Å². The quantitative estimate of drug-likeness (QED) is 0.856. The fourth-order valence-electron chi connectivity index (χ4n) is 1.81. The van der Waals surface area contributed by atoms with Gasteiger partial charge in [-0.1, -0.05) is 0 Å². The van der Waals surface area contributed by atoms with Gasteiger partial charge in [0.25, 0.3) is 0 Å². The van der Waals surface area contributed by atoms with Gasteiger partial charge >= 0.3 is 0 Å². The van der Waals surface area contributed by atoms with Crippen LogP contribution in [0.25, 0.3) is 0 Å². The van der Waals surface area contributed by atoms with Crippen LogP contribution in [0.1, 0.15) is 23.2 Å². The molecule has 0 aliphatic carbocycles. The Morgan fingerprint density at radius 2 is 1.50 bits per heavy atom. The zero-order valence-corrected chi connectivity index (χ0v) is 11.4. The minimum atomic E-state index is -0.764. The van der Waals surface area contributed by atoms with Crippen LogP contribution in [0, 0.1) is 17.5 Å². The van der Waals surface area contributed by atoms with E-state index in [0.29, 0.717) is 0 Å². The molecule has 0 fully saturated rings. The third-order valence-corrected chi connectivity index (χ3v) is 2.95. The van der Waals surface area contributed by atoms with Crippen molar-refractivity contribution in [3.8, 4) is 0 Å². The van der Waals surface area contributed by atoms with Crippen LogP contribution in [0.5, 0.6) is 0 Å². The van der Waals surface area contributed by atoms with E-state index >= 15 is 0 Å². The van der Waals surface area contributed by atoms with E-state index in [-0.39, 0.29) is 29.9 Å². The van der Waals surface area contributed by atoms with Gasteiger partial charge < -0.3 is 5.32 Å². The third kappa shape index (κ3) is 4.18. The smallest absolute Gasteiger partial charge is 0.224 e. The van der Waals surface area contributed by atoms with Crippen molar-refractivity contribution in [3.05, 3.63) is 65.5 Å². The molecular formula is C16H12F3NO2. The number of carbonyl (C=O) groups is 2. The molecule has 0 atom stereocenters. The van der Waals surface area contributed by atoms with Crippen LogP contribution in [-0.2, 0) is 4.79 Å². The Hall–Kier alpha value is -2.63. The number of benzene rings is 2. The summed E-state index contributed by atoms with van der Waals surface area (Å²) in [5.41, 5.74) is 0.00497.